The van der Waals surface area contributed by atoms with Crippen molar-refractivity contribution >= 4 is 27.7 Å². The Labute approximate surface area is 161 Å². The monoisotopic (exact) mass is 409 g/mol. The minimum absolute atomic E-state index is 0.0338. The summed E-state index contributed by atoms with van der Waals surface area (Å²) in [4.78, 5) is 12.5. The van der Waals surface area contributed by atoms with Crippen LogP contribution in [0.3, 0.4) is 0 Å². The zero-order valence-corrected chi connectivity index (χ0v) is 16.1. The lowest BCUT2D eigenvalue weighted by molar-refractivity contribution is -0.117. The van der Waals surface area contributed by atoms with E-state index in [1.165, 1.54) is 16.7 Å². The summed E-state index contributed by atoms with van der Waals surface area (Å²) in [6.45, 7) is 2.74. The Morgan fingerprint density at radius 1 is 1.19 bits per heavy atom. The molecule has 1 N–H and O–H groups in total. The molecule has 1 fully saturated rings. The molecule has 0 spiro atoms. The molecule has 0 bridgehead atoms. The van der Waals surface area contributed by atoms with E-state index in [0.29, 0.717) is 18.3 Å². The van der Waals surface area contributed by atoms with E-state index in [4.69, 9.17) is 0 Å². The molecule has 1 aliphatic rings. The van der Waals surface area contributed by atoms with Gasteiger partial charge in [0.2, 0.25) is 5.91 Å². The minimum Gasteiger partial charge on any atom is -0.308 e. The highest BCUT2D eigenvalue weighted by Crippen LogP contribution is 2.48. The number of nitrogens with zero attached hydrogens (tertiary/aromatic N) is 2. The molecule has 1 saturated carbocycles. The van der Waals surface area contributed by atoms with Crippen LogP contribution in [0.1, 0.15) is 29.0 Å². The lowest BCUT2D eigenvalue weighted by atomic mass is 10.1. The maximum atomic E-state index is 12.5. The van der Waals surface area contributed by atoms with Gasteiger partial charge in [-0.3, -0.25) is 9.48 Å². The summed E-state index contributed by atoms with van der Waals surface area (Å²) in [7, 11) is 0. The van der Waals surface area contributed by atoms with Crippen LogP contribution in [0.25, 0.3) is 0 Å². The molecule has 1 amide bonds. The van der Waals surface area contributed by atoms with E-state index in [9.17, 15) is 4.79 Å². The molecule has 26 heavy (non-hydrogen) atoms. The third-order valence-corrected chi connectivity index (χ3v) is 5.36. The molecular formula is C21H20BrN3O. The molecule has 4 nitrogen and oxygen atoms in total. The number of carbonyl (C=O) groups excluding carboxylic acids is 1. The van der Waals surface area contributed by atoms with Crippen LogP contribution in [0.15, 0.2) is 65.3 Å². The lowest BCUT2D eigenvalue weighted by Gasteiger charge is -2.04. The van der Waals surface area contributed by atoms with E-state index >= 15 is 0 Å². The molecule has 1 aliphatic carbocycles. The van der Waals surface area contributed by atoms with Gasteiger partial charge in [-0.25, -0.2) is 0 Å². The standard InChI is InChI=1S/C21H20BrN3O/c1-14-7-9-15(10-8-14)12-25-13-19(22)20(24-25)23-21(26)18-11-17(18)16-5-3-2-4-6-16/h2-10,13,17-18H,11-12H2,1H3,(H,23,24,26)/t17-,18-/m1/s1. The number of rotatable bonds is 5. The number of carbonyl (C=O) groups is 1. The van der Waals surface area contributed by atoms with Crippen LogP contribution in [0.4, 0.5) is 5.82 Å². The van der Waals surface area contributed by atoms with E-state index in [1.54, 1.807) is 0 Å². The average Bonchev–Trinajstić information content (AvgIpc) is 3.38. The second-order valence-corrected chi connectivity index (χ2v) is 7.71. The zero-order valence-electron chi connectivity index (χ0n) is 14.5. The van der Waals surface area contributed by atoms with Crippen LogP contribution in [-0.4, -0.2) is 15.7 Å². The summed E-state index contributed by atoms with van der Waals surface area (Å²) < 4.78 is 2.64. The van der Waals surface area contributed by atoms with Crippen LogP contribution in [0.2, 0.25) is 0 Å². The highest BCUT2D eigenvalue weighted by atomic mass is 79.9. The molecule has 4 rings (SSSR count). The SMILES string of the molecule is Cc1ccc(Cn2cc(Br)c(NC(=O)[C@@H]3C[C@@H]3c3ccccc3)n2)cc1. The van der Waals surface area contributed by atoms with Crippen LogP contribution in [0.5, 0.6) is 0 Å². The Morgan fingerprint density at radius 3 is 2.65 bits per heavy atom. The summed E-state index contributed by atoms with van der Waals surface area (Å²) in [5.74, 6) is 0.983. The first-order valence-corrected chi connectivity index (χ1v) is 9.54. The van der Waals surface area contributed by atoms with Gasteiger partial charge in [-0.15, -0.1) is 0 Å². The Morgan fingerprint density at radius 2 is 1.92 bits per heavy atom. The molecule has 1 heterocycles. The number of aromatic nitrogens is 2. The molecule has 132 valence electrons. The maximum absolute atomic E-state index is 12.5. The van der Waals surface area contributed by atoms with Gasteiger partial charge in [-0.1, -0.05) is 60.2 Å². The van der Waals surface area contributed by atoms with Gasteiger partial charge in [0.25, 0.3) is 0 Å². The number of hydrogen-bond acceptors (Lipinski definition) is 2. The summed E-state index contributed by atoms with van der Waals surface area (Å²) in [6.07, 6.45) is 2.80. The largest absolute Gasteiger partial charge is 0.308 e. The van der Waals surface area contributed by atoms with Gasteiger partial charge in [-0.05, 0) is 46.3 Å². The molecule has 0 saturated heterocycles. The fraction of sp³-hybridized carbons (Fsp3) is 0.238. The molecule has 3 aromatic rings. The zero-order chi connectivity index (χ0) is 18.1. The van der Waals surface area contributed by atoms with Gasteiger partial charge in [0.15, 0.2) is 5.82 Å². The van der Waals surface area contributed by atoms with Crippen molar-refractivity contribution < 1.29 is 4.79 Å². The van der Waals surface area contributed by atoms with Crippen LogP contribution in [0, 0.1) is 12.8 Å². The van der Waals surface area contributed by atoms with Crippen molar-refractivity contribution in [3.8, 4) is 0 Å². The van der Waals surface area contributed by atoms with Crippen molar-refractivity contribution in [2.24, 2.45) is 5.92 Å². The first kappa shape index (κ1) is 17.0. The quantitative estimate of drug-likeness (QED) is 0.660. The first-order chi connectivity index (χ1) is 12.6. The Hall–Kier alpha value is -2.40. The van der Waals surface area contributed by atoms with Gasteiger partial charge < -0.3 is 5.32 Å². The van der Waals surface area contributed by atoms with E-state index in [0.717, 1.165) is 10.9 Å². The van der Waals surface area contributed by atoms with E-state index in [-0.39, 0.29) is 11.8 Å². The van der Waals surface area contributed by atoms with Crippen molar-refractivity contribution in [3.63, 3.8) is 0 Å². The second kappa shape index (κ2) is 7.08. The molecule has 5 heteroatoms. The molecular weight excluding hydrogens is 390 g/mol. The second-order valence-electron chi connectivity index (χ2n) is 6.86. The summed E-state index contributed by atoms with van der Waals surface area (Å²) in [5, 5.41) is 7.48. The Kier molecular flexibility index (Phi) is 4.64. The lowest BCUT2D eigenvalue weighted by Crippen LogP contribution is -2.15. The molecule has 2 aromatic carbocycles. The van der Waals surface area contributed by atoms with Gasteiger partial charge in [0.05, 0.1) is 11.0 Å². The number of nitrogens with one attached hydrogen (secondary N) is 1. The Bertz CT molecular complexity index is 918. The van der Waals surface area contributed by atoms with E-state index < -0.39 is 0 Å². The summed E-state index contributed by atoms with van der Waals surface area (Å²) >= 11 is 3.50. The van der Waals surface area contributed by atoms with Gasteiger partial charge in [-0.2, -0.15) is 5.10 Å². The highest BCUT2D eigenvalue weighted by Gasteiger charge is 2.44. The maximum Gasteiger partial charge on any atom is 0.229 e. The number of halogens is 1. The smallest absolute Gasteiger partial charge is 0.229 e. The van der Waals surface area contributed by atoms with Crippen molar-refractivity contribution in [1.29, 1.82) is 0 Å². The summed E-state index contributed by atoms with van der Waals surface area (Å²) in [5.41, 5.74) is 3.65. The first-order valence-electron chi connectivity index (χ1n) is 8.74. The molecule has 0 unspecified atom stereocenters. The van der Waals surface area contributed by atoms with Gasteiger partial charge in [0, 0.05) is 12.1 Å². The third kappa shape index (κ3) is 3.73. The normalized spacial score (nSPS) is 18.5. The Balaban J connectivity index is 1.40. The van der Waals surface area contributed by atoms with Gasteiger partial charge in [0.1, 0.15) is 0 Å². The number of benzene rings is 2. The number of anilines is 1. The van der Waals surface area contributed by atoms with Crippen LogP contribution in [-0.2, 0) is 11.3 Å². The van der Waals surface area contributed by atoms with Crippen LogP contribution >= 0.6 is 15.9 Å². The number of amides is 1. The molecule has 1 aromatic heterocycles. The number of aryl methyl sites for hydroxylation is 1. The molecule has 0 radical (unpaired) electrons. The van der Waals surface area contributed by atoms with Crippen molar-refractivity contribution in [2.75, 3.05) is 5.32 Å². The van der Waals surface area contributed by atoms with E-state index in [2.05, 4.69) is 69.7 Å². The van der Waals surface area contributed by atoms with Crippen molar-refractivity contribution in [1.82, 2.24) is 9.78 Å². The van der Waals surface area contributed by atoms with Crippen molar-refractivity contribution in [2.45, 2.75) is 25.8 Å². The predicted octanol–water partition coefficient (Wildman–Crippen LogP) is 4.74. The summed E-state index contributed by atoms with van der Waals surface area (Å²) in [6, 6.07) is 18.6. The number of hydrogen-bond donors (Lipinski definition) is 1. The van der Waals surface area contributed by atoms with Crippen molar-refractivity contribution in [3.05, 3.63) is 82.0 Å². The average molecular weight is 410 g/mol. The predicted molar refractivity (Wildman–Crippen MR) is 106 cm³/mol. The minimum atomic E-state index is 0.0338. The van der Waals surface area contributed by atoms with E-state index in [1.807, 2.05) is 29.1 Å². The fourth-order valence-electron chi connectivity index (χ4n) is 3.21. The molecule has 2 atom stereocenters. The highest BCUT2D eigenvalue weighted by molar-refractivity contribution is 9.10. The third-order valence-electron chi connectivity index (χ3n) is 4.78. The topological polar surface area (TPSA) is 46.9 Å². The fourth-order valence-corrected chi connectivity index (χ4v) is 3.62. The van der Waals surface area contributed by atoms with Crippen LogP contribution < -0.4 is 5.32 Å². The molecule has 0 aliphatic heterocycles. The van der Waals surface area contributed by atoms with Gasteiger partial charge >= 0.3 is 0 Å².